The molecule has 0 radical (unpaired) electrons. The van der Waals surface area contributed by atoms with E-state index < -0.39 is 0 Å². The molecule has 13 heavy (non-hydrogen) atoms. The van der Waals surface area contributed by atoms with Crippen LogP contribution < -0.4 is 0 Å². The van der Waals surface area contributed by atoms with Crippen LogP contribution in [0.25, 0.3) is 0 Å². The Morgan fingerprint density at radius 2 is 2.08 bits per heavy atom. The maximum atomic E-state index is 7.94. The number of hydrogen-bond acceptors (Lipinski definition) is 2. The fourth-order valence-corrected chi connectivity index (χ4v) is 2.05. The molecule has 3 heteroatoms. The Morgan fingerprint density at radius 3 is 2.54 bits per heavy atom. The summed E-state index contributed by atoms with van der Waals surface area (Å²) in [4.78, 5) is 2.12. The van der Waals surface area contributed by atoms with Gasteiger partial charge in [-0.3, -0.25) is 5.41 Å². The summed E-state index contributed by atoms with van der Waals surface area (Å²) in [6.45, 7) is 2.96. The van der Waals surface area contributed by atoms with Gasteiger partial charge in [0.25, 0.3) is 0 Å². The van der Waals surface area contributed by atoms with Gasteiger partial charge in [0.2, 0.25) is 0 Å². The molecule has 0 amide bonds. The third-order valence-corrected chi connectivity index (χ3v) is 3.18. The first-order chi connectivity index (χ1) is 6.20. The number of ether oxygens (including phenoxy) is 1. The van der Waals surface area contributed by atoms with Gasteiger partial charge in [-0.1, -0.05) is 0 Å². The number of nitrogens with one attached hydrogen (secondary N) is 1. The van der Waals surface area contributed by atoms with Crippen molar-refractivity contribution >= 4 is 5.84 Å². The number of rotatable bonds is 2. The standard InChI is InChI=1S/C10H18N2O/c1-7-9(5-6-13-7)12(2)10(11)8-3-4-8/h7-9,11H,3-6H2,1-2H3. The highest BCUT2D eigenvalue weighted by molar-refractivity contribution is 5.83. The van der Waals surface area contributed by atoms with Crippen molar-refractivity contribution in [2.45, 2.75) is 38.3 Å². The maximum absolute atomic E-state index is 7.94. The summed E-state index contributed by atoms with van der Waals surface area (Å²) in [5.74, 6) is 1.38. The van der Waals surface area contributed by atoms with E-state index in [9.17, 15) is 0 Å². The summed E-state index contributed by atoms with van der Waals surface area (Å²) >= 11 is 0. The van der Waals surface area contributed by atoms with E-state index in [0.717, 1.165) is 18.9 Å². The van der Waals surface area contributed by atoms with E-state index in [0.29, 0.717) is 18.1 Å². The van der Waals surface area contributed by atoms with Gasteiger partial charge in [-0.05, 0) is 26.2 Å². The first-order valence-corrected chi connectivity index (χ1v) is 5.13. The van der Waals surface area contributed by atoms with Gasteiger partial charge in [-0.15, -0.1) is 0 Å². The Hall–Kier alpha value is -0.570. The molecule has 74 valence electrons. The molecule has 0 aromatic heterocycles. The third kappa shape index (κ3) is 1.70. The van der Waals surface area contributed by atoms with E-state index >= 15 is 0 Å². The van der Waals surface area contributed by atoms with Gasteiger partial charge in [0, 0.05) is 19.6 Å². The molecule has 1 saturated carbocycles. The highest BCUT2D eigenvalue weighted by Gasteiger charge is 2.35. The number of likely N-dealkylation sites (N-methyl/N-ethyl adjacent to an activating group) is 1. The molecule has 2 rings (SSSR count). The van der Waals surface area contributed by atoms with E-state index in [4.69, 9.17) is 10.1 Å². The molecule has 1 saturated heterocycles. The predicted molar refractivity (Wildman–Crippen MR) is 52.0 cm³/mol. The monoisotopic (exact) mass is 182 g/mol. The van der Waals surface area contributed by atoms with Crippen molar-refractivity contribution in [3.63, 3.8) is 0 Å². The highest BCUT2D eigenvalue weighted by Crippen LogP contribution is 2.32. The lowest BCUT2D eigenvalue weighted by Crippen LogP contribution is -2.41. The van der Waals surface area contributed by atoms with Crippen LogP contribution >= 0.6 is 0 Å². The smallest absolute Gasteiger partial charge is 0.0990 e. The van der Waals surface area contributed by atoms with Crippen LogP contribution in [0.5, 0.6) is 0 Å². The fraction of sp³-hybridized carbons (Fsp3) is 0.900. The quantitative estimate of drug-likeness (QED) is 0.519. The molecule has 1 aliphatic carbocycles. The summed E-state index contributed by atoms with van der Waals surface area (Å²) in [6, 6.07) is 0.438. The van der Waals surface area contributed by atoms with Crippen LogP contribution in [0.3, 0.4) is 0 Å². The molecule has 1 aliphatic heterocycles. The second-order valence-corrected chi connectivity index (χ2v) is 4.20. The highest BCUT2D eigenvalue weighted by atomic mass is 16.5. The molecule has 2 fully saturated rings. The lowest BCUT2D eigenvalue weighted by molar-refractivity contribution is 0.0992. The Kier molecular flexibility index (Phi) is 2.28. The van der Waals surface area contributed by atoms with Crippen molar-refractivity contribution in [3.05, 3.63) is 0 Å². The van der Waals surface area contributed by atoms with E-state index in [1.807, 2.05) is 7.05 Å². The van der Waals surface area contributed by atoms with Crippen LogP contribution in [-0.2, 0) is 4.74 Å². The van der Waals surface area contributed by atoms with Gasteiger partial charge in [0.1, 0.15) is 0 Å². The lowest BCUT2D eigenvalue weighted by Gasteiger charge is -2.29. The molecule has 0 aromatic rings. The molecule has 2 aliphatic rings. The number of amidine groups is 1. The normalized spacial score (nSPS) is 33.4. The molecule has 0 bridgehead atoms. The van der Waals surface area contributed by atoms with Crippen LogP contribution in [0.15, 0.2) is 0 Å². The van der Waals surface area contributed by atoms with Gasteiger partial charge in [-0.25, -0.2) is 0 Å². The number of nitrogens with zero attached hydrogens (tertiary/aromatic N) is 1. The van der Waals surface area contributed by atoms with Gasteiger partial charge in [0.15, 0.2) is 0 Å². The maximum Gasteiger partial charge on any atom is 0.0990 e. The van der Waals surface area contributed by atoms with Gasteiger partial charge in [-0.2, -0.15) is 0 Å². The molecular weight excluding hydrogens is 164 g/mol. The first kappa shape index (κ1) is 9.00. The summed E-state index contributed by atoms with van der Waals surface area (Å²) in [5, 5.41) is 7.94. The molecule has 0 aromatic carbocycles. The molecule has 2 atom stereocenters. The zero-order valence-electron chi connectivity index (χ0n) is 8.42. The average molecular weight is 182 g/mol. The lowest BCUT2D eigenvalue weighted by atomic mass is 10.1. The van der Waals surface area contributed by atoms with Crippen molar-refractivity contribution in [2.24, 2.45) is 5.92 Å². The van der Waals surface area contributed by atoms with Gasteiger partial charge >= 0.3 is 0 Å². The Bertz CT molecular complexity index is 213. The minimum Gasteiger partial charge on any atom is -0.376 e. The van der Waals surface area contributed by atoms with E-state index in [1.165, 1.54) is 12.8 Å². The summed E-state index contributed by atoms with van der Waals surface area (Å²) in [5.41, 5.74) is 0. The Labute approximate surface area is 79.6 Å². The second kappa shape index (κ2) is 3.29. The summed E-state index contributed by atoms with van der Waals surface area (Å²) in [7, 11) is 2.04. The fourth-order valence-electron chi connectivity index (χ4n) is 2.05. The SMILES string of the molecule is CC1OCCC1N(C)C(=N)C1CC1. The molecular formula is C10H18N2O. The van der Waals surface area contributed by atoms with Crippen molar-refractivity contribution in [3.8, 4) is 0 Å². The van der Waals surface area contributed by atoms with E-state index in [2.05, 4.69) is 11.8 Å². The van der Waals surface area contributed by atoms with Crippen LogP contribution in [-0.4, -0.2) is 36.5 Å². The van der Waals surface area contributed by atoms with Crippen molar-refractivity contribution < 1.29 is 4.74 Å². The largest absolute Gasteiger partial charge is 0.376 e. The van der Waals surface area contributed by atoms with Gasteiger partial charge in [0.05, 0.1) is 18.0 Å². The topological polar surface area (TPSA) is 36.3 Å². The molecule has 2 unspecified atom stereocenters. The van der Waals surface area contributed by atoms with Gasteiger partial charge < -0.3 is 9.64 Å². The van der Waals surface area contributed by atoms with Crippen LogP contribution in [0.2, 0.25) is 0 Å². The van der Waals surface area contributed by atoms with Crippen molar-refractivity contribution in [1.29, 1.82) is 5.41 Å². The second-order valence-electron chi connectivity index (χ2n) is 4.20. The van der Waals surface area contributed by atoms with Crippen LogP contribution in [0.4, 0.5) is 0 Å². The Balaban J connectivity index is 1.94. The summed E-state index contributed by atoms with van der Waals surface area (Å²) < 4.78 is 5.50. The molecule has 1 heterocycles. The first-order valence-electron chi connectivity index (χ1n) is 5.13. The predicted octanol–water partition coefficient (Wildman–Crippen LogP) is 1.48. The Morgan fingerprint density at radius 1 is 1.38 bits per heavy atom. The van der Waals surface area contributed by atoms with Crippen LogP contribution in [0.1, 0.15) is 26.2 Å². The summed E-state index contributed by atoms with van der Waals surface area (Å²) in [6.07, 6.45) is 3.80. The zero-order valence-corrected chi connectivity index (χ0v) is 8.42. The molecule has 0 spiro atoms. The minimum absolute atomic E-state index is 0.295. The van der Waals surface area contributed by atoms with Crippen molar-refractivity contribution in [2.75, 3.05) is 13.7 Å². The average Bonchev–Trinajstić information content (AvgIpc) is 2.87. The molecule has 1 N–H and O–H groups in total. The number of hydrogen-bond donors (Lipinski definition) is 1. The van der Waals surface area contributed by atoms with Crippen LogP contribution in [0, 0.1) is 11.3 Å². The van der Waals surface area contributed by atoms with Crippen molar-refractivity contribution in [1.82, 2.24) is 4.90 Å². The minimum atomic E-state index is 0.295. The molecule has 3 nitrogen and oxygen atoms in total. The van der Waals surface area contributed by atoms with E-state index in [-0.39, 0.29) is 0 Å². The van der Waals surface area contributed by atoms with E-state index in [1.54, 1.807) is 0 Å². The third-order valence-electron chi connectivity index (χ3n) is 3.18. The zero-order chi connectivity index (χ0) is 9.42.